The fourth-order valence-corrected chi connectivity index (χ4v) is 1.72. The first kappa shape index (κ1) is 11.8. The lowest BCUT2D eigenvalue weighted by molar-refractivity contribution is 0.618. The third-order valence-electron chi connectivity index (χ3n) is 2.69. The van der Waals surface area contributed by atoms with Crippen molar-refractivity contribution in [3.63, 3.8) is 0 Å². The first-order chi connectivity index (χ1) is 8.29. The average Bonchev–Trinajstić information content (AvgIpc) is 2.79. The van der Waals surface area contributed by atoms with Gasteiger partial charge in [0, 0.05) is 25.8 Å². The van der Waals surface area contributed by atoms with Gasteiger partial charge < -0.3 is 9.88 Å². The van der Waals surface area contributed by atoms with E-state index in [0.717, 1.165) is 30.9 Å². The summed E-state index contributed by atoms with van der Waals surface area (Å²) in [5.41, 5.74) is 2.24. The molecule has 1 aromatic carbocycles. The van der Waals surface area contributed by atoms with E-state index >= 15 is 0 Å². The lowest BCUT2D eigenvalue weighted by Crippen LogP contribution is -2.15. The lowest BCUT2D eigenvalue weighted by atomic mass is 10.2. The van der Waals surface area contributed by atoms with Gasteiger partial charge in [0.25, 0.3) is 0 Å². The van der Waals surface area contributed by atoms with Gasteiger partial charge in [0.2, 0.25) is 0 Å². The van der Waals surface area contributed by atoms with Crippen LogP contribution in [0.15, 0.2) is 36.8 Å². The zero-order chi connectivity index (χ0) is 12.1. The number of nitrogens with zero attached hydrogens (tertiary/aromatic N) is 2. The van der Waals surface area contributed by atoms with E-state index < -0.39 is 0 Å². The first-order valence-corrected chi connectivity index (χ1v) is 5.73. The highest BCUT2D eigenvalue weighted by Crippen LogP contribution is 2.03. The van der Waals surface area contributed by atoms with Crippen molar-refractivity contribution in [1.82, 2.24) is 14.9 Å². The molecule has 17 heavy (non-hydrogen) atoms. The monoisotopic (exact) mass is 233 g/mol. The molecule has 2 aromatic rings. The highest BCUT2D eigenvalue weighted by atomic mass is 19.1. The van der Waals surface area contributed by atoms with E-state index in [-0.39, 0.29) is 5.82 Å². The number of nitrogens with one attached hydrogen (secondary N) is 1. The Labute approximate surface area is 100 Å². The Kier molecular flexibility index (Phi) is 3.88. The molecule has 0 amide bonds. The Balaban J connectivity index is 1.85. The average molecular weight is 233 g/mol. The van der Waals surface area contributed by atoms with Gasteiger partial charge in [0.1, 0.15) is 5.82 Å². The molecular formula is C13H16FN3. The van der Waals surface area contributed by atoms with Gasteiger partial charge in [-0.15, -0.1) is 0 Å². The number of rotatable bonds is 5. The van der Waals surface area contributed by atoms with Crippen molar-refractivity contribution in [1.29, 1.82) is 0 Å². The zero-order valence-corrected chi connectivity index (χ0v) is 9.86. The number of hydrogen-bond acceptors (Lipinski definition) is 2. The second-order valence-electron chi connectivity index (χ2n) is 3.90. The standard InChI is InChI=1S/C13H16FN3/c1-2-17-10-16-9-13(17)8-15-7-11-3-5-12(14)6-4-11/h3-6,9-10,15H,2,7-8H2,1H3. The number of benzene rings is 1. The van der Waals surface area contributed by atoms with E-state index in [0.29, 0.717) is 0 Å². The molecule has 4 heteroatoms. The topological polar surface area (TPSA) is 29.9 Å². The number of halogens is 1. The second kappa shape index (κ2) is 5.59. The molecule has 2 rings (SSSR count). The quantitative estimate of drug-likeness (QED) is 0.859. The number of aromatic nitrogens is 2. The van der Waals surface area contributed by atoms with E-state index in [1.807, 2.05) is 12.5 Å². The summed E-state index contributed by atoms with van der Waals surface area (Å²) in [4.78, 5) is 4.10. The third kappa shape index (κ3) is 3.14. The minimum atomic E-state index is -0.196. The van der Waals surface area contributed by atoms with Gasteiger partial charge in [-0.2, -0.15) is 0 Å². The summed E-state index contributed by atoms with van der Waals surface area (Å²) in [5, 5.41) is 3.31. The molecule has 0 unspecified atom stereocenters. The normalized spacial score (nSPS) is 10.7. The summed E-state index contributed by atoms with van der Waals surface area (Å²) >= 11 is 0. The third-order valence-corrected chi connectivity index (χ3v) is 2.69. The number of aryl methyl sites for hydroxylation is 1. The minimum Gasteiger partial charge on any atom is -0.334 e. The lowest BCUT2D eigenvalue weighted by Gasteiger charge is -2.07. The maximum absolute atomic E-state index is 12.7. The highest BCUT2D eigenvalue weighted by molar-refractivity contribution is 5.15. The van der Waals surface area contributed by atoms with Crippen LogP contribution in [0, 0.1) is 5.82 Å². The summed E-state index contributed by atoms with van der Waals surface area (Å²) in [6, 6.07) is 6.54. The van der Waals surface area contributed by atoms with Gasteiger partial charge in [-0.3, -0.25) is 0 Å². The van der Waals surface area contributed by atoms with Crippen LogP contribution in [0.3, 0.4) is 0 Å². The number of imidazole rings is 1. The molecule has 1 heterocycles. The minimum absolute atomic E-state index is 0.196. The first-order valence-electron chi connectivity index (χ1n) is 5.73. The van der Waals surface area contributed by atoms with Crippen LogP contribution < -0.4 is 5.32 Å². The summed E-state index contributed by atoms with van der Waals surface area (Å²) in [6.45, 7) is 4.51. The molecule has 0 radical (unpaired) electrons. The Morgan fingerprint density at radius 1 is 1.24 bits per heavy atom. The van der Waals surface area contributed by atoms with Gasteiger partial charge in [-0.05, 0) is 24.6 Å². The molecule has 0 saturated heterocycles. The summed E-state index contributed by atoms with van der Waals surface area (Å²) in [6.07, 6.45) is 3.69. The Hall–Kier alpha value is -1.68. The maximum Gasteiger partial charge on any atom is 0.123 e. The van der Waals surface area contributed by atoms with Crippen LogP contribution in [0.2, 0.25) is 0 Å². The molecule has 0 aliphatic rings. The van der Waals surface area contributed by atoms with Gasteiger partial charge in [0.15, 0.2) is 0 Å². The van der Waals surface area contributed by atoms with Crippen molar-refractivity contribution in [3.8, 4) is 0 Å². The molecular weight excluding hydrogens is 217 g/mol. The van der Waals surface area contributed by atoms with Crippen molar-refractivity contribution in [3.05, 3.63) is 53.9 Å². The maximum atomic E-state index is 12.7. The summed E-state index contributed by atoms with van der Waals surface area (Å²) < 4.78 is 14.8. The molecule has 0 spiro atoms. The van der Waals surface area contributed by atoms with Crippen LogP contribution in [0.1, 0.15) is 18.2 Å². The molecule has 1 aromatic heterocycles. The van der Waals surface area contributed by atoms with Crippen LogP contribution in [0.5, 0.6) is 0 Å². The molecule has 0 saturated carbocycles. The molecule has 0 fully saturated rings. The van der Waals surface area contributed by atoms with E-state index in [9.17, 15) is 4.39 Å². The zero-order valence-electron chi connectivity index (χ0n) is 9.86. The van der Waals surface area contributed by atoms with Crippen molar-refractivity contribution in [2.75, 3.05) is 0 Å². The van der Waals surface area contributed by atoms with Crippen molar-refractivity contribution in [2.45, 2.75) is 26.6 Å². The smallest absolute Gasteiger partial charge is 0.123 e. The fraction of sp³-hybridized carbons (Fsp3) is 0.308. The Morgan fingerprint density at radius 3 is 2.71 bits per heavy atom. The largest absolute Gasteiger partial charge is 0.334 e. The molecule has 1 N–H and O–H groups in total. The van der Waals surface area contributed by atoms with Crippen molar-refractivity contribution >= 4 is 0 Å². The van der Waals surface area contributed by atoms with Gasteiger partial charge >= 0.3 is 0 Å². The van der Waals surface area contributed by atoms with Crippen molar-refractivity contribution in [2.24, 2.45) is 0 Å². The summed E-state index contributed by atoms with van der Waals surface area (Å²) in [7, 11) is 0. The van der Waals surface area contributed by atoms with Crippen LogP contribution >= 0.6 is 0 Å². The van der Waals surface area contributed by atoms with Crippen molar-refractivity contribution < 1.29 is 4.39 Å². The van der Waals surface area contributed by atoms with E-state index in [1.165, 1.54) is 12.1 Å². The SMILES string of the molecule is CCn1cncc1CNCc1ccc(F)cc1. The van der Waals surface area contributed by atoms with E-state index in [1.54, 1.807) is 12.1 Å². The fourth-order valence-electron chi connectivity index (χ4n) is 1.72. The van der Waals surface area contributed by atoms with Gasteiger partial charge in [0.05, 0.1) is 12.0 Å². The van der Waals surface area contributed by atoms with Crippen LogP contribution in [-0.4, -0.2) is 9.55 Å². The summed E-state index contributed by atoms with van der Waals surface area (Å²) in [5.74, 6) is -0.196. The van der Waals surface area contributed by atoms with Crippen LogP contribution in [0.25, 0.3) is 0 Å². The second-order valence-corrected chi connectivity index (χ2v) is 3.90. The van der Waals surface area contributed by atoms with Crippen LogP contribution in [-0.2, 0) is 19.6 Å². The predicted molar refractivity (Wildman–Crippen MR) is 64.8 cm³/mol. The molecule has 0 atom stereocenters. The predicted octanol–water partition coefficient (Wildman–Crippen LogP) is 2.33. The molecule has 90 valence electrons. The highest BCUT2D eigenvalue weighted by Gasteiger charge is 1.99. The molecule has 3 nitrogen and oxygen atoms in total. The van der Waals surface area contributed by atoms with Gasteiger partial charge in [-0.1, -0.05) is 12.1 Å². The molecule has 0 aliphatic carbocycles. The molecule has 0 aliphatic heterocycles. The van der Waals surface area contributed by atoms with E-state index in [2.05, 4.69) is 21.8 Å². The Bertz CT molecular complexity index is 462. The van der Waals surface area contributed by atoms with E-state index in [4.69, 9.17) is 0 Å². The Morgan fingerprint density at radius 2 is 2.00 bits per heavy atom. The van der Waals surface area contributed by atoms with Crippen LogP contribution in [0.4, 0.5) is 4.39 Å². The molecule has 0 bridgehead atoms. The number of hydrogen-bond donors (Lipinski definition) is 1. The van der Waals surface area contributed by atoms with Gasteiger partial charge in [-0.25, -0.2) is 9.37 Å².